The van der Waals surface area contributed by atoms with E-state index in [1.54, 1.807) is 0 Å². The molecular weight excluding hydrogens is 1470 g/mol. The molecule has 2 heterocycles. The van der Waals surface area contributed by atoms with E-state index in [0.29, 0.717) is 95.1 Å². The number of epoxide rings is 2. The molecule has 17 heteroatoms. The zero-order chi connectivity index (χ0) is 39.4. The number of rotatable bonds is 2. The largest absolute Gasteiger partial charge is 0 e. The van der Waals surface area contributed by atoms with Crippen LogP contribution in [0.25, 0.3) is 0 Å². The summed E-state index contributed by atoms with van der Waals surface area (Å²) >= 11 is 13.6. The Bertz CT molecular complexity index is 1510. The number of ether oxygens (including phenoxy) is 2. The van der Waals surface area contributed by atoms with Crippen LogP contribution in [0.15, 0.2) is 0 Å². The predicted octanol–water partition coefficient (Wildman–Crippen LogP) is 7.41. The van der Waals surface area contributed by atoms with Crippen molar-refractivity contribution in [2.24, 2.45) is 80.8 Å². The zero-order valence-electron chi connectivity index (χ0n) is 32.9. The number of hydrogen-bond donors (Lipinski definition) is 1. The summed E-state index contributed by atoms with van der Waals surface area (Å²) in [5.41, 5.74) is -0.0243. The third-order valence-electron chi connectivity index (χ3n) is 19.4. The quantitative estimate of drug-likeness (QED) is 0.133. The molecule has 0 aromatic carbocycles. The summed E-state index contributed by atoms with van der Waals surface area (Å²) in [5, 5.41) is 11.3. The van der Waals surface area contributed by atoms with Crippen molar-refractivity contribution < 1.29 is 83.6 Å². The molecule has 0 aromatic rings. The van der Waals surface area contributed by atoms with Crippen molar-refractivity contribution in [3.8, 4) is 0 Å². The standard InChI is InChI=1S/C20H28BrO3P.C20H29O4P.I3.I2.2V/c2*1-18-5-4-12-13(14(18)10-7-11(10)16(18)22)15(21)17-20(23-17)8-9(24-25)3-6-19(12,20)2;1-3-2;1-2;;/h9-15,17H,3-8,25H2,1-2H3;9-15,17,21H,3-8,25H2,1-2H3;;;;/q;;-1;;;/t9-,10+,11-,12?,13?,14?,15-,17+,18-,19+,20+;9-,10+,11-,12?,13?,14?,15+,17+,18-,19+,20+;;;;/m00..../s1. The minimum absolute atomic E-state index is 0. The number of aliphatic hydroxyl groups excluding tert-OH is 1. The van der Waals surface area contributed by atoms with Gasteiger partial charge in [-0.05, 0) is 112 Å². The Hall–Kier alpha value is 5.30. The van der Waals surface area contributed by atoms with Gasteiger partial charge in [0, 0.05) is 144 Å². The Morgan fingerprint density at radius 2 is 1.12 bits per heavy atom. The van der Waals surface area contributed by atoms with Crippen molar-refractivity contribution in [2.75, 3.05) is 0 Å². The van der Waals surface area contributed by atoms with Crippen molar-refractivity contribution in [1.82, 2.24) is 0 Å². The minimum Gasteiger partial charge on any atom is 0 e. The van der Waals surface area contributed by atoms with Crippen LogP contribution in [0.2, 0.25) is 0 Å². The van der Waals surface area contributed by atoms with Gasteiger partial charge in [-0.25, -0.2) is 0 Å². The molecule has 7 nitrogen and oxygen atoms in total. The molecule has 0 amide bonds. The van der Waals surface area contributed by atoms with Gasteiger partial charge in [-0.15, -0.1) is 0 Å². The number of hydrogen-bond acceptors (Lipinski definition) is 7. The summed E-state index contributed by atoms with van der Waals surface area (Å²) < 4.78 is 24.1. The molecule has 2 spiro atoms. The van der Waals surface area contributed by atoms with Crippen LogP contribution >= 0.6 is 109 Å². The van der Waals surface area contributed by atoms with Crippen LogP contribution in [-0.4, -0.2) is 63.2 Å². The molecule has 12 aliphatic rings. The van der Waals surface area contributed by atoms with Gasteiger partial charge in [0.1, 0.15) is 35.0 Å². The van der Waals surface area contributed by atoms with E-state index in [1.165, 1.54) is 19.3 Å². The topological polar surface area (TPSA) is 97.9 Å². The maximum atomic E-state index is 13.0. The Morgan fingerprint density at radius 1 is 0.719 bits per heavy atom. The van der Waals surface area contributed by atoms with Gasteiger partial charge >= 0.3 is 50.5 Å². The number of carbonyl (C=O) groups excluding carboxylic acids is 2. The number of fused-ring (bicyclic) bond motifs is 12. The van der Waals surface area contributed by atoms with E-state index < -0.39 is 6.10 Å². The molecule has 10 aliphatic carbocycles. The van der Waals surface area contributed by atoms with E-state index in [1.807, 2.05) is 0 Å². The van der Waals surface area contributed by atoms with Crippen LogP contribution in [0, 0.1) is 80.8 Å². The Morgan fingerprint density at radius 3 is 1.58 bits per heavy atom. The molecule has 10 saturated carbocycles. The van der Waals surface area contributed by atoms with E-state index in [0.717, 1.165) is 57.8 Å². The molecule has 0 bridgehead atoms. The number of carbonyl (C=O) groups is 2. The molecular formula is C40H57BrI5O7P2V2-. The molecule has 2 radical (unpaired) electrons. The maximum absolute atomic E-state index is 13.0. The summed E-state index contributed by atoms with van der Waals surface area (Å²) in [6.07, 6.45) is 13.5. The summed E-state index contributed by atoms with van der Waals surface area (Å²) in [5.74, 6) is 6.02. The molecule has 24 atom stereocenters. The summed E-state index contributed by atoms with van der Waals surface area (Å²) in [6, 6.07) is 0. The average molecular weight is 1530 g/mol. The first-order chi connectivity index (χ1) is 26.2. The zero-order valence-corrected chi connectivity index (χ0v) is 50.4. The third-order valence-corrected chi connectivity index (χ3v) is 21.3. The molecule has 57 heavy (non-hydrogen) atoms. The van der Waals surface area contributed by atoms with Crippen LogP contribution in [0.4, 0.5) is 0 Å². The first kappa shape index (κ1) is 50.2. The van der Waals surface area contributed by atoms with Gasteiger partial charge in [-0.3, -0.25) is 9.59 Å². The second-order valence-electron chi connectivity index (χ2n) is 20.8. The van der Waals surface area contributed by atoms with Crippen LogP contribution < -0.4 is 13.3 Å². The number of aliphatic hydroxyl groups is 1. The van der Waals surface area contributed by atoms with E-state index in [9.17, 15) is 14.7 Å². The number of alkyl halides is 1. The van der Waals surface area contributed by atoms with Crippen molar-refractivity contribution in [3.63, 3.8) is 0 Å². The van der Waals surface area contributed by atoms with E-state index >= 15 is 0 Å². The van der Waals surface area contributed by atoms with Crippen LogP contribution in [0.5, 0.6) is 0 Å². The van der Waals surface area contributed by atoms with E-state index in [4.69, 9.17) is 18.5 Å². The van der Waals surface area contributed by atoms with Gasteiger partial charge in [0.2, 0.25) is 0 Å². The second-order valence-corrected chi connectivity index (χ2v) is 38.6. The normalized spacial score (nSPS) is 59.1. The molecule has 2 aliphatic heterocycles. The third kappa shape index (κ3) is 7.01. The van der Waals surface area contributed by atoms with Crippen LogP contribution in [0.1, 0.15) is 105 Å². The average Bonchev–Trinajstić information content (AvgIpc) is 4.02. The fourth-order valence-corrected chi connectivity index (χ4v) is 18.4. The van der Waals surface area contributed by atoms with Gasteiger partial charge in [0.15, 0.2) is 0 Å². The van der Waals surface area contributed by atoms with Crippen molar-refractivity contribution in [2.45, 2.75) is 151 Å². The number of halogens is 6. The monoisotopic (exact) mass is 1530 g/mol. The summed E-state index contributed by atoms with van der Waals surface area (Å²) in [7, 11) is 4.88. The SMILES string of the molecule is C[C@]12CCC3C(C1[C@@H]1C[C@@H]1C2=O)[C@@H](O)[C@H]1O[C@]12C[C@@H](OP)CC[C@]32C.C[C@]12CCC3C(C1[C@@H]1C[C@@H]1C2=O)[C@H](Br)[C@H]1O[C@]12C[C@@H](OP)CC[C@]32C.II.I[I-]I.[V].[V]. The van der Waals surface area contributed by atoms with Gasteiger partial charge in [0.25, 0.3) is 0 Å². The second kappa shape index (κ2) is 17.7. The summed E-state index contributed by atoms with van der Waals surface area (Å²) in [6.45, 7) is 9.41. The van der Waals surface area contributed by atoms with Gasteiger partial charge < -0.3 is 23.6 Å². The molecule has 2 saturated heterocycles. The maximum Gasteiger partial charge on any atom is 0 e. The Balaban J connectivity index is 0.000000152. The smallest absolute Gasteiger partial charge is 0 e. The molecule has 12 fully saturated rings. The predicted molar refractivity (Wildman–Crippen MR) is 252 cm³/mol. The number of Topliss-reactive ketones (excluding diaryl/α,β-unsaturated/α-hetero) is 2. The molecule has 8 unspecified atom stereocenters. The van der Waals surface area contributed by atoms with Crippen molar-refractivity contribution in [1.29, 1.82) is 0 Å². The summed E-state index contributed by atoms with van der Waals surface area (Å²) in [4.78, 5) is 26.2. The van der Waals surface area contributed by atoms with Crippen LogP contribution in [-0.2, 0) is 65.2 Å². The molecule has 12 rings (SSSR count). The van der Waals surface area contributed by atoms with Crippen molar-refractivity contribution in [3.05, 3.63) is 0 Å². The van der Waals surface area contributed by atoms with E-state index in [2.05, 4.69) is 137 Å². The fraction of sp³-hybridized carbons (Fsp3) is 0.950. The van der Waals surface area contributed by atoms with Gasteiger partial charge in [-0.2, -0.15) is 0 Å². The first-order valence-corrected chi connectivity index (χ1v) is 41.4. The molecule has 322 valence electrons. The molecule has 0 aromatic heterocycles. The molecule has 1 N–H and O–H groups in total. The Kier molecular flexibility index (Phi) is 15.6. The van der Waals surface area contributed by atoms with Gasteiger partial charge in [-0.1, -0.05) is 43.6 Å². The Labute approximate surface area is 430 Å². The minimum atomic E-state index is -0.405. The first-order valence-electron chi connectivity index (χ1n) is 20.6. The van der Waals surface area contributed by atoms with E-state index in [-0.39, 0.29) is 88.1 Å². The van der Waals surface area contributed by atoms with Gasteiger partial charge in [0.05, 0.1) is 18.3 Å². The van der Waals surface area contributed by atoms with Crippen molar-refractivity contribution >= 4 is 121 Å². The fourth-order valence-electron chi connectivity index (χ4n) is 16.7. The number of ketones is 2. The van der Waals surface area contributed by atoms with Crippen LogP contribution in [0.3, 0.4) is 0 Å².